The quantitative estimate of drug-likeness (QED) is 0.549. The van der Waals surface area contributed by atoms with Crippen LogP contribution in [0.2, 0.25) is 0 Å². The molecule has 32 heavy (non-hydrogen) atoms. The summed E-state index contributed by atoms with van der Waals surface area (Å²) in [5, 5.41) is 4.87. The van der Waals surface area contributed by atoms with Crippen molar-refractivity contribution >= 4 is 22.6 Å². The fraction of sp³-hybridized carbons (Fsp3) is 0.308. The predicted octanol–water partition coefficient (Wildman–Crippen LogP) is 4.17. The normalized spacial score (nSPS) is 11.8. The number of hydrogen-bond acceptors (Lipinski definition) is 4. The van der Waals surface area contributed by atoms with E-state index >= 15 is 0 Å². The molecule has 3 rings (SSSR count). The van der Waals surface area contributed by atoms with Crippen LogP contribution in [0.4, 0.5) is 0 Å². The third-order valence-electron chi connectivity index (χ3n) is 5.21. The van der Waals surface area contributed by atoms with Gasteiger partial charge in [-0.05, 0) is 49.9 Å². The molecule has 6 heteroatoms. The summed E-state index contributed by atoms with van der Waals surface area (Å²) in [5.74, 6) is 0.906. The molecule has 0 heterocycles. The Labute approximate surface area is 189 Å². The minimum atomic E-state index is -0.650. The largest absolute Gasteiger partial charge is 0.497 e. The average Bonchev–Trinajstić information content (AvgIpc) is 2.80. The Hall–Kier alpha value is -3.54. The first-order chi connectivity index (χ1) is 15.4. The molecule has 0 aromatic heterocycles. The van der Waals surface area contributed by atoms with Gasteiger partial charge < -0.3 is 19.7 Å². The molecule has 0 aliphatic heterocycles. The molecular weight excluding hydrogens is 404 g/mol. The highest BCUT2D eigenvalue weighted by atomic mass is 16.5. The number of rotatable bonds is 9. The van der Waals surface area contributed by atoms with Crippen LogP contribution in [0.1, 0.15) is 26.3 Å². The standard InChI is InChI=1S/C26H30N2O4/c1-18(2)27-26(30)19(3)28(16-20-12-14-22(31-4)15-13-20)25(29)17-32-24-11-7-9-21-8-5-6-10-23(21)24/h5-15,18-19H,16-17H2,1-4H3,(H,27,30). The van der Waals surface area contributed by atoms with Crippen LogP contribution >= 0.6 is 0 Å². The number of amides is 2. The summed E-state index contributed by atoms with van der Waals surface area (Å²) in [6, 6.07) is 20.4. The van der Waals surface area contributed by atoms with Crippen molar-refractivity contribution in [3.63, 3.8) is 0 Å². The Bertz CT molecular complexity index is 1060. The van der Waals surface area contributed by atoms with E-state index in [9.17, 15) is 9.59 Å². The van der Waals surface area contributed by atoms with Crippen molar-refractivity contribution in [3.8, 4) is 11.5 Å². The number of nitrogens with one attached hydrogen (secondary N) is 1. The molecule has 0 aliphatic carbocycles. The Morgan fingerprint density at radius 3 is 2.31 bits per heavy atom. The molecule has 1 atom stereocenters. The van der Waals surface area contributed by atoms with Crippen molar-refractivity contribution < 1.29 is 19.1 Å². The highest BCUT2D eigenvalue weighted by Gasteiger charge is 2.27. The van der Waals surface area contributed by atoms with Crippen LogP contribution in [-0.4, -0.2) is 42.5 Å². The van der Waals surface area contributed by atoms with Gasteiger partial charge in [-0.3, -0.25) is 9.59 Å². The Kier molecular flexibility index (Phi) is 7.71. The zero-order valence-electron chi connectivity index (χ0n) is 19.0. The van der Waals surface area contributed by atoms with Crippen LogP contribution in [0.5, 0.6) is 11.5 Å². The van der Waals surface area contributed by atoms with Crippen LogP contribution in [0, 0.1) is 0 Å². The van der Waals surface area contributed by atoms with Gasteiger partial charge >= 0.3 is 0 Å². The van der Waals surface area contributed by atoms with E-state index in [0.717, 1.165) is 22.1 Å². The molecule has 3 aromatic rings. The fourth-order valence-electron chi connectivity index (χ4n) is 3.46. The molecule has 168 valence electrons. The molecule has 0 fully saturated rings. The number of carbonyl (C=O) groups is 2. The molecule has 3 aromatic carbocycles. The van der Waals surface area contributed by atoms with E-state index in [0.29, 0.717) is 5.75 Å². The fourth-order valence-corrected chi connectivity index (χ4v) is 3.46. The molecular formula is C26H30N2O4. The first-order valence-electron chi connectivity index (χ1n) is 10.7. The lowest BCUT2D eigenvalue weighted by Crippen LogP contribution is -2.50. The Morgan fingerprint density at radius 2 is 1.62 bits per heavy atom. The maximum Gasteiger partial charge on any atom is 0.261 e. The van der Waals surface area contributed by atoms with Gasteiger partial charge in [-0.15, -0.1) is 0 Å². The number of benzene rings is 3. The maximum absolute atomic E-state index is 13.2. The van der Waals surface area contributed by atoms with Crippen LogP contribution in [0.15, 0.2) is 66.7 Å². The van der Waals surface area contributed by atoms with Crippen molar-refractivity contribution in [1.29, 1.82) is 0 Å². The Balaban J connectivity index is 1.78. The van der Waals surface area contributed by atoms with Crippen LogP contribution in [-0.2, 0) is 16.1 Å². The molecule has 0 radical (unpaired) electrons. The van der Waals surface area contributed by atoms with Crippen molar-refractivity contribution in [2.45, 2.75) is 39.4 Å². The summed E-state index contributed by atoms with van der Waals surface area (Å²) in [6.07, 6.45) is 0. The van der Waals surface area contributed by atoms with E-state index in [4.69, 9.17) is 9.47 Å². The van der Waals surface area contributed by atoms with E-state index < -0.39 is 6.04 Å². The van der Waals surface area contributed by atoms with Crippen molar-refractivity contribution in [1.82, 2.24) is 10.2 Å². The van der Waals surface area contributed by atoms with Gasteiger partial charge in [0.2, 0.25) is 5.91 Å². The zero-order valence-corrected chi connectivity index (χ0v) is 19.0. The lowest BCUT2D eigenvalue weighted by Gasteiger charge is -2.29. The minimum absolute atomic E-state index is 0.0187. The number of nitrogens with zero attached hydrogens (tertiary/aromatic N) is 1. The minimum Gasteiger partial charge on any atom is -0.497 e. The average molecular weight is 435 g/mol. The highest BCUT2D eigenvalue weighted by molar-refractivity contribution is 5.90. The summed E-state index contributed by atoms with van der Waals surface area (Å²) in [5.41, 5.74) is 0.897. The van der Waals surface area contributed by atoms with E-state index in [2.05, 4.69) is 5.32 Å². The van der Waals surface area contributed by atoms with Crippen LogP contribution in [0.3, 0.4) is 0 Å². The topological polar surface area (TPSA) is 67.9 Å². The predicted molar refractivity (Wildman–Crippen MR) is 126 cm³/mol. The number of ether oxygens (including phenoxy) is 2. The summed E-state index contributed by atoms with van der Waals surface area (Å²) in [7, 11) is 1.60. The summed E-state index contributed by atoms with van der Waals surface area (Å²) < 4.78 is 11.1. The lowest BCUT2D eigenvalue weighted by molar-refractivity contribution is -0.142. The summed E-state index contributed by atoms with van der Waals surface area (Å²) >= 11 is 0. The van der Waals surface area contributed by atoms with E-state index in [1.54, 1.807) is 18.9 Å². The highest BCUT2D eigenvalue weighted by Crippen LogP contribution is 2.25. The second-order valence-corrected chi connectivity index (χ2v) is 7.97. The van der Waals surface area contributed by atoms with E-state index in [1.165, 1.54) is 0 Å². The molecule has 0 spiro atoms. The van der Waals surface area contributed by atoms with Gasteiger partial charge in [0, 0.05) is 18.0 Å². The summed E-state index contributed by atoms with van der Waals surface area (Å²) in [4.78, 5) is 27.4. The number of hydrogen-bond donors (Lipinski definition) is 1. The van der Waals surface area contributed by atoms with Crippen molar-refractivity contribution in [3.05, 3.63) is 72.3 Å². The summed E-state index contributed by atoms with van der Waals surface area (Å²) in [6.45, 7) is 5.64. The first-order valence-corrected chi connectivity index (χ1v) is 10.7. The van der Waals surface area contributed by atoms with Gasteiger partial charge in [0.25, 0.3) is 5.91 Å². The van der Waals surface area contributed by atoms with Gasteiger partial charge in [-0.1, -0.05) is 48.5 Å². The van der Waals surface area contributed by atoms with E-state index in [1.807, 2.05) is 80.6 Å². The molecule has 2 amide bonds. The zero-order chi connectivity index (χ0) is 23.1. The van der Waals surface area contributed by atoms with Crippen LogP contribution in [0.25, 0.3) is 10.8 Å². The lowest BCUT2D eigenvalue weighted by atomic mass is 10.1. The second-order valence-electron chi connectivity index (χ2n) is 7.97. The van der Waals surface area contributed by atoms with Gasteiger partial charge in [0.05, 0.1) is 7.11 Å². The van der Waals surface area contributed by atoms with Gasteiger partial charge in [-0.2, -0.15) is 0 Å². The monoisotopic (exact) mass is 434 g/mol. The smallest absolute Gasteiger partial charge is 0.261 e. The first kappa shape index (κ1) is 23.1. The third kappa shape index (κ3) is 5.78. The van der Waals surface area contributed by atoms with Gasteiger partial charge in [0.15, 0.2) is 6.61 Å². The second kappa shape index (κ2) is 10.7. The Morgan fingerprint density at radius 1 is 0.938 bits per heavy atom. The number of fused-ring (bicyclic) bond motifs is 1. The van der Waals surface area contributed by atoms with Crippen LogP contribution < -0.4 is 14.8 Å². The molecule has 1 N–H and O–H groups in total. The van der Waals surface area contributed by atoms with Crippen molar-refractivity contribution in [2.24, 2.45) is 0 Å². The molecule has 6 nitrogen and oxygen atoms in total. The van der Waals surface area contributed by atoms with Crippen molar-refractivity contribution in [2.75, 3.05) is 13.7 Å². The van der Waals surface area contributed by atoms with Gasteiger partial charge in [-0.25, -0.2) is 0 Å². The van der Waals surface area contributed by atoms with E-state index in [-0.39, 0.29) is 31.0 Å². The number of carbonyl (C=O) groups excluding carboxylic acids is 2. The molecule has 0 saturated carbocycles. The molecule has 1 unspecified atom stereocenters. The molecule has 0 bridgehead atoms. The third-order valence-corrected chi connectivity index (χ3v) is 5.21. The maximum atomic E-state index is 13.2. The number of methoxy groups -OCH3 is 1. The SMILES string of the molecule is COc1ccc(CN(C(=O)COc2cccc3ccccc23)C(C)C(=O)NC(C)C)cc1. The van der Waals surface area contributed by atoms with Gasteiger partial charge in [0.1, 0.15) is 17.5 Å². The molecule has 0 saturated heterocycles. The molecule has 0 aliphatic rings.